The predicted octanol–water partition coefficient (Wildman–Crippen LogP) is 2.71. The molecule has 4 rings (SSSR count). The van der Waals surface area contributed by atoms with Crippen molar-refractivity contribution in [1.82, 2.24) is 14.3 Å². The van der Waals surface area contributed by atoms with E-state index in [1.54, 1.807) is 12.3 Å². The minimum absolute atomic E-state index is 0.121. The zero-order chi connectivity index (χ0) is 19.3. The van der Waals surface area contributed by atoms with Crippen LogP contribution in [-0.4, -0.2) is 45.9 Å². The van der Waals surface area contributed by atoms with E-state index in [0.717, 1.165) is 11.9 Å². The number of fused-ring (bicyclic) bond motifs is 2. The fourth-order valence-corrected chi connectivity index (χ4v) is 3.72. The van der Waals surface area contributed by atoms with E-state index in [9.17, 15) is 14.9 Å². The van der Waals surface area contributed by atoms with Gasteiger partial charge in [-0.3, -0.25) is 4.79 Å². The summed E-state index contributed by atoms with van der Waals surface area (Å²) in [6.07, 6.45) is 1.56. The fraction of sp³-hybridized carbons (Fsp3) is 0.263. The zero-order valence-corrected chi connectivity index (χ0v) is 15.3. The lowest BCUT2D eigenvalue weighted by atomic mass is 10.1. The highest BCUT2D eigenvalue weighted by atomic mass is 16.6. The van der Waals surface area contributed by atoms with Gasteiger partial charge in [0.25, 0.3) is 0 Å². The molecule has 27 heavy (non-hydrogen) atoms. The molecule has 1 unspecified atom stereocenters. The molecule has 3 aromatic heterocycles. The number of nitrogens with one attached hydrogen (secondary N) is 1. The van der Waals surface area contributed by atoms with Crippen molar-refractivity contribution in [2.45, 2.75) is 13.0 Å². The van der Waals surface area contributed by atoms with Gasteiger partial charge in [-0.15, -0.1) is 0 Å². The first kappa shape index (κ1) is 17.2. The van der Waals surface area contributed by atoms with Gasteiger partial charge in [-0.1, -0.05) is 12.1 Å². The number of likely N-dealkylation sites (N-methyl/N-ethyl adjacent to an activating group) is 1. The van der Waals surface area contributed by atoms with E-state index in [1.165, 1.54) is 16.5 Å². The predicted molar refractivity (Wildman–Crippen MR) is 106 cm³/mol. The van der Waals surface area contributed by atoms with Crippen LogP contribution in [0.25, 0.3) is 27.2 Å². The van der Waals surface area contributed by atoms with Crippen LogP contribution in [0.2, 0.25) is 0 Å². The summed E-state index contributed by atoms with van der Waals surface area (Å²) in [5.74, 6) is 0.541. The van der Waals surface area contributed by atoms with E-state index < -0.39 is 4.92 Å². The molecule has 0 aliphatic carbocycles. The maximum absolute atomic E-state index is 12.9. The van der Waals surface area contributed by atoms with Gasteiger partial charge in [0.05, 0.1) is 5.39 Å². The second kappa shape index (κ2) is 6.17. The van der Waals surface area contributed by atoms with Gasteiger partial charge in [0.2, 0.25) is 5.43 Å². The monoisotopic (exact) mass is 365 g/mol. The summed E-state index contributed by atoms with van der Waals surface area (Å²) in [6.45, 7) is 2.87. The van der Waals surface area contributed by atoms with E-state index in [-0.39, 0.29) is 22.8 Å². The number of hydrogen-bond acceptors (Lipinski definition) is 6. The number of benzene rings is 1. The van der Waals surface area contributed by atoms with Gasteiger partial charge >= 0.3 is 5.82 Å². The quantitative estimate of drug-likeness (QED) is 0.432. The molecule has 0 radical (unpaired) electrons. The molecular formula is C19H19N5O3. The van der Waals surface area contributed by atoms with Gasteiger partial charge in [0.15, 0.2) is 5.52 Å². The average molecular weight is 365 g/mol. The smallest absolute Gasteiger partial charge is 0.328 e. The van der Waals surface area contributed by atoms with Crippen LogP contribution in [0, 0.1) is 10.1 Å². The highest BCUT2D eigenvalue weighted by molar-refractivity contribution is 6.13. The summed E-state index contributed by atoms with van der Waals surface area (Å²) in [5, 5.41) is 16.7. The Hall–Kier alpha value is -3.26. The molecule has 0 spiro atoms. The normalized spacial score (nSPS) is 13.0. The molecule has 1 N–H and O–H groups in total. The highest BCUT2D eigenvalue weighted by Gasteiger charge is 2.23. The summed E-state index contributed by atoms with van der Waals surface area (Å²) < 4.78 is 1.42. The van der Waals surface area contributed by atoms with Gasteiger partial charge < -0.3 is 20.3 Å². The molecule has 8 heteroatoms. The maximum Gasteiger partial charge on any atom is 0.328 e. The van der Waals surface area contributed by atoms with Crippen molar-refractivity contribution in [3.05, 3.63) is 56.9 Å². The first-order valence-corrected chi connectivity index (χ1v) is 8.62. The summed E-state index contributed by atoms with van der Waals surface area (Å²) in [6, 6.07) is 8.50. The topological polar surface area (TPSA) is 92.8 Å². The lowest BCUT2D eigenvalue weighted by molar-refractivity contribution is -0.390. The SMILES string of the molecule is CC(CN(C)C)Nc1ncc2c(=O)c3ccc([N+](=O)[O-])n3c3cccc1c23. The third kappa shape index (κ3) is 2.65. The first-order chi connectivity index (χ1) is 12.9. The molecule has 0 fully saturated rings. The summed E-state index contributed by atoms with van der Waals surface area (Å²) in [4.78, 5) is 30.4. The molecule has 0 saturated carbocycles. The molecular weight excluding hydrogens is 346 g/mol. The second-order valence-electron chi connectivity index (χ2n) is 7.03. The van der Waals surface area contributed by atoms with Crippen LogP contribution < -0.4 is 10.7 Å². The number of hydrogen-bond donors (Lipinski definition) is 1. The number of rotatable bonds is 5. The number of nitro groups is 1. The van der Waals surface area contributed by atoms with E-state index >= 15 is 0 Å². The molecule has 0 amide bonds. The molecule has 0 aliphatic heterocycles. The van der Waals surface area contributed by atoms with Crippen molar-refractivity contribution < 1.29 is 4.92 Å². The molecule has 3 heterocycles. The van der Waals surface area contributed by atoms with Gasteiger partial charge in [-0.2, -0.15) is 4.40 Å². The Morgan fingerprint density at radius 3 is 2.70 bits per heavy atom. The second-order valence-corrected chi connectivity index (χ2v) is 7.03. The third-order valence-electron chi connectivity index (χ3n) is 4.68. The molecule has 0 bridgehead atoms. The van der Waals surface area contributed by atoms with Crippen molar-refractivity contribution in [3.8, 4) is 0 Å². The standard InChI is InChI=1S/C19H19N5O3/c1-11(10-22(2)3)21-19-12-5-4-6-14-17(12)13(9-20-19)18(25)15-7-8-16(23(14)15)24(26)27/h4-9,11H,10H2,1-3H3,(H,20,21). The van der Waals surface area contributed by atoms with Gasteiger partial charge in [0.1, 0.15) is 11.3 Å². The highest BCUT2D eigenvalue weighted by Crippen LogP contribution is 2.32. The van der Waals surface area contributed by atoms with Crippen molar-refractivity contribution in [1.29, 1.82) is 0 Å². The molecule has 8 nitrogen and oxygen atoms in total. The molecule has 138 valence electrons. The first-order valence-electron chi connectivity index (χ1n) is 8.62. The van der Waals surface area contributed by atoms with Crippen LogP contribution in [0.5, 0.6) is 0 Å². The van der Waals surface area contributed by atoms with Crippen LogP contribution >= 0.6 is 0 Å². The number of pyridine rings is 2. The Morgan fingerprint density at radius 2 is 2.00 bits per heavy atom. The van der Waals surface area contributed by atoms with Crippen LogP contribution in [0.4, 0.5) is 11.6 Å². The van der Waals surface area contributed by atoms with Crippen molar-refractivity contribution in [3.63, 3.8) is 0 Å². The summed E-state index contributed by atoms with van der Waals surface area (Å²) in [7, 11) is 3.99. The van der Waals surface area contributed by atoms with Crippen LogP contribution in [0.3, 0.4) is 0 Å². The van der Waals surface area contributed by atoms with E-state index in [4.69, 9.17) is 0 Å². The van der Waals surface area contributed by atoms with E-state index in [0.29, 0.717) is 22.1 Å². The molecule has 4 aromatic rings. The van der Waals surface area contributed by atoms with Gasteiger partial charge in [0, 0.05) is 35.6 Å². The largest absolute Gasteiger partial charge is 0.366 e. The number of anilines is 1. The molecule has 0 saturated heterocycles. The fourth-order valence-electron chi connectivity index (χ4n) is 3.72. The Bertz CT molecular complexity index is 1230. The van der Waals surface area contributed by atoms with Crippen LogP contribution in [0.15, 0.2) is 41.3 Å². The zero-order valence-electron chi connectivity index (χ0n) is 15.3. The average Bonchev–Trinajstić information content (AvgIpc) is 3.05. The lowest BCUT2D eigenvalue weighted by Gasteiger charge is -2.20. The van der Waals surface area contributed by atoms with Gasteiger partial charge in [-0.05, 0) is 38.1 Å². The third-order valence-corrected chi connectivity index (χ3v) is 4.68. The summed E-state index contributed by atoms with van der Waals surface area (Å²) in [5.41, 5.74) is 0.650. The molecule has 1 aromatic carbocycles. The maximum atomic E-state index is 12.9. The van der Waals surface area contributed by atoms with Crippen molar-refractivity contribution >= 4 is 38.8 Å². The van der Waals surface area contributed by atoms with Gasteiger partial charge in [-0.25, -0.2) is 4.98 Å². The van der Waals surface area contributed by atoms with Crippen LogP contribution in [-0.2, 0) is 0 Å². The van der Waals surface area contributed by atoms with Crippen LogP contribution in [0.1, 0.15) is 6.92 Å². The summed E-state index contributed by atoms with van der Waals surface area (Å²) >= 11 is 0. The number of nitrogens with zero attached hydrogens (tertiary/aromatic N) is 4. The Labute approximate surface area is 154 Å². The Balaban J connectivity index is 2.04. The Kier molecular flexibility index (Phi) is 3.92. The minimum Gasteiger partial charge on any atom is -0.366 e. The lowest BCUT2D eigenvalue weighted by Crippen LogP contribution is -2.30. The van der Waals surface area contributed by atoms with Crippen molar-refractivity contribution in [2.24, 2.45) is 0 Å². The van der Waals surface area contributed by atoms with E-state index in [2.05, 4.69) is 22.1 Å². The molecule has 0 aliphatic rings. The van der Waals surface area contributed by atoms with Crippen molar-refractivity contribution in [2.75, 3.05) is 26.0 Å². The Morgan fingerprint density at radius 1 is 1.22 bits per heavy atom. The number of aromatic nitrogens is 2. The minimum atomic E-state index is -0.472. The molecule has 1 atom stereocenters. The van der Waals surface area contributed by atoms with E-state index in [1.807, 2.05) is 26.2 Å².